The Bertz CT molecular complexity index is 1200. The zero-order valence-electron chi connectivity index (χ0n) is 15.8. The second kappa shape index (κ2) is 8.39. The maximum atomic E-state index is 13.5. The fourth-order valence-corrected chi connectivity index (χ4v) is 4.42. The van der Waals surface area contributed by atoms with Crippen LogP contribution in [0.25, 0.3) is 0 Å². The van der Waals surface area contributed by atoms with Crippen molar-refractivity contribution in [3.63, 3.8) is 0 Å². The maximum absolute atomic E-state index is 13.5. The van der Waals surface area contributed by atoms with E-state index in [4.69, 9.17) is 11.6 Å². The van der Waals surface area contributed by atoms with Crippen LogP contribution < -0.4 is 10.9 Å². The molecule has 1 aromatic heterocycles. The molecule has 5 nitrogen and oxygen atoms in total. The van der Waals surface area contributed by atoms with Crippen LogP contribution in [0.1, 0.15) is 34.6 Å². The number of aromatic nitrogens is 2. The first-order valence-electron chi connectivity index (χ1n) is 9.20. The van der Waals surface area contributed by atoms with Gasteiger partial charge in [-0.15, -0.1) is 0 Å². The smallest absolute Gasteiger partial charge is 0.310 e. The first-order chi connectivity index (χ1) is 14.7. The van der Waals surface area contributed by atoms with Gasteiger partial charge in [0.1, 0.15) is 5.82 Å². The predicted molar refractivity (Wildman–Crippen MR) is 112 cm³/mol. The Balaban J connectivity index is 1.70. The van der Waals surface area contributed by atoms with Crippen molar-refractivity contribution >= 4 is 35.1 Å². The second-order valence-electron chi connectivity index (χ2n) is 6.94. The summed E-state index contributed by atoms with van der Waals surface area (Å²) in [5, 5.41) is 3.38. The summed E-state index contributed by atoms with van der Waals surface area (Å²) < 4.78 is 40.5. The van der Waals surface area contributed by atoms with Gasteiger partial charge in [-0.05, 0) is 29.3 Å². The third kappa shape index (κ3) is 4.62. The van der Waals surface area contributed by atoms with Gasteiger partial charge < -0.3 is 10.3 Å². The SMILES string of the molecule is O=C1CC(c2ccccc2C(F)(F)F)c2c(nc(SCc3ccc(Cl)cc3)[nH]c2=O)N1. The van der Waals surface area contributed by atoms with Crippen molar-refractivity contribution in [2.24, 2.45) is 0 Å². The number of rotatable bonds is 4. The number of carbonyl (C=O) groups excluding carboxylic acids is 1. The number of hydrogen-bond donors (Lipinski definition) is 2. The number of hydrogen-bond acceptors (Lipinski definition) is 4. The molecule has 0 fully saturated rings. The highest BCUT2D eigenvalue weighted by Gasteiger charge is 2.39. The van der Waals surface area contributed by atoms with Crippen molar-refractivity contribution in [1.29, 1.82) is 0 Å². The Hall–Kier alpha value is -2.78. The lowest BCUT2D eigenvalue weighted by atomic mass is 9.84. The summed E-state index contributed by atoms with van der Waals surface area (Å²) in [5.74, 6) is -1.08. The van der Waals surface area contributed by atoms with E-state index in [1.165, 1.54) is 30.0 Å². The molecule has 10 heteroatoms. The number of nitrogens with zero attached hydrogens (tertiary/aromatic N) is 1. The number of halogens is 4. The summed E-state index contributed by atoms with van der Waals surface area (Å²) in [7, 11) is 0. The van der Waals surface area contributed by atoms with Gasteiger partial charge in [0.05, 0.1) is 11.1 Å². The number of anilines is 1. The molecule has 0 aliphatic carbocycles. The van der Waals surface area contributed by atoms with Gasteiger partial charge in [-0.25, -0.2) is 4.98 Å². The minimum Gasteiger partial charge on any atom is -0.310 e. The highest BCUT2D eigenvalue weighted by Crippen LogP contribution is 2.41. The molecular weight excluding hydrogens is 451 g/mol. The van der Waals surface area contributed by atoms with Crippen LogP contribution in [-0.4, -0.2) is 15.9 Å². The van der Waals surface area contributed by atoms with Crippen LogP contribution in [0.5, 0.6) is 0 Å². The van der Waals surface area contributed by atoms with Gasteiger partial charge in [-0.2, -0.15) is 13.2 Å². The van der Waals surface area contributed by atoms with E-state index in [-0.39, 0.29) is 28.5 Å². The van der Waals surface area contributed by atoms with Crippen LogP contribution in [0.4, 0.5) is 19.0 Å². The Morgan fingerprint density at radius 1 is 1.10 bits per heavy atom. The molecule has 31 heavy (non-hydrogen) atoms. The fraction of sp³-hybridized carbons (Fsp3) is 0.190. The molecule has 0 radical (unpaired) electrons. The molecule has 0 saturated carbocycles. The quantitative estimate of drug-likeness (QED) is 0.410. The van der Waals surface area contributed by atoms with E-state index in [1.807, 2.05) is 12.1 Å². The van der Waals surface area contributed by atoms with Crippen molar-refractivity contribution < 1.29 is 18.0 Å². The molecule has 0 spiro atoms. The lowest BCUT2D eigenvalue weighted by molar-refractivity contribution is -0.138. The van der Waals surface area contributed by atoms with E-state index in [0.29, 0.717) is 10.8 Å². The summed E-state index contributed by atoms with van der Waals surface area (Å²) in [6.07, 6.45) is -4.89. The van der Waals surface area contributed by atoms with E-state index in [1.54, 1.807) is 12.1 Å². The maximum Gasteiger partial charge on any atom is 0.416 e. The minimum absolute atomic E-state index is 0.0133. The largest absolute Gasteiger partial charge is 0.416 e. The Kier molecular flexibility index (Phi) is 5.81. The van der Waals surface area contributed by atoms with E-state index < -0.39 is 29.1 Å². The standard InChI is InChI=1S/C21H15ClF3N3O2S/c22-12-7-5-11(6-8-12)10-31-20-27-18-17(19(30)28-20)14(9-16(29)26-18)13-3-1-2-4-15(13)21(23,24)25/h1-8,14H,9-10H2,(H2,26,27,28,29,30). The van der Waals surface area contributed by atoms with Gasteiger partial charge in [-0.1, -0.05) is 53.7 Å². The van der Waals surface area contributed by atoms with Gasteiger partial charge in [0.15, 0.2) is 5.16 Å². The lowest BCUT2D eigenvalue weighted by Gasteiger charge is -2.26. The fourth-order valence-electron chi connectivity index (χ4n) is 3.48. The highest BCUT2D eigenvalue weighted by atomic mass is 35.5. The Morgan fingerprint density at radius 3 is 2.52 bits per heavy atom. The molecule has 1 atom stereocenters. The summed E-state index contributed by atoms with van der Waals surface area (Å²) in [4.78, 5) is 32.0. The lowest BCUT2D eigenvalue weighted by Crippen LogP contribution is -2.32. The van der Waals surface area contributed by atoms with Gasteiger partial charge in [0, 0.05) is 23.1 Å². The highest BCUT2D eigenvalue weighted by molar-refractivity contribution is 7.98. The molecular formula is C21H15ClF3N3O2S. The van der Waals surface area contributed by atoms with Gasteiger partial charge in [-0.3, -0.25) is 9.59 Å². The van der Waals surface area contributed by atoms with Crippen LogP contribution in [0, 0.1) is 0 Å². The first kappa shape index (κ1) is 21.5. The third-order valence-corrected chi connectivity index (χ3v) is 6.06. The van der Waals surface area contributed by atoms with Gasteiger partial charge in [0.25, 0.3) is 5.56 Å². The third-order valence-electron chi connectivity index (χ3n) is 4.86. The number of thioether (sulfide) groups is 1. The minimum atomic E-state index is -4.61. The molecule has 1 unspecified atom stereocenters. The van der Waals surface area contributed by atoms with Crippen LogP contribution in [0.15, 0.2) is 58.5 Å². The average Bonchev–Trinajstić information content (AvgIpc) is 2.72. The number of alkyl halides is 3. The van der Waals surface area contributed by atoms with E-state index in [0.717, 1.165) is 11.6 Å². The number of nitrogens with one attached hydrogen (secondary N) is 2. The normalized spacial score (nSPS) is 16.0. The zero-order chi connectivity index (χ0) is 22.2. The van der Waals surface area contributed by atoms with E-state index in [2.05, 4.69) is 15.3 Å². The van der Waals surface area contributed by atoms with Crippen molar-refractivity contribution in [2.75, 3.05) is 5.32 Å². The summed E-state index contributed by atoms with van der Waals surface area (Å²) in [6, 6.07) is 12.1. The molecule has 0 saturated heterocycles. The van der Waals surface area contributed by atoms with E-state index in [9.17, 15) is 22.8 Å². The molecule has 2 N–H and O–H groups in total. The molecule has 3 aromatic rings. The number of benzene rings is 2. The monoisotopic (exact) mass is 465 g/mol. The Morgan fingerprint density at radius 2 is 1.81 bits per heavy atom. The molecule has 2 aromatic carbocycles. The molecule has 2 heterocycles. The number of amides is 1. The summed E-state index contributed by atoms with van der Waals surface area (Å²) in [6.45, 7) is 0. The van der Waals surface area contributed by atoms with Gasteiger partial charge in [0.2, 0.25) is 5.91 Å². The molecule has 1 aliphatic heterocycles. The van der Waals surface area contributed by atoms with Gasteiger partial charge >= 0.3 is 6.18 Å². The number of carbonyl (C=O) groups is 1. The summed E-state index contributed by atoms with van der Waals surface area (Å²) >= 11 is 7.10. The topological polar surface area (TPSA) is 74.8 Å². The predicted octanol–water partition coefficient (Wildman–Crippen LogP) is 5.21. The number of fused-ring (bicyclic) bond motifs is 1. The van der Waals surface area contributed by atoms with Crippen LogP contribution >= 0.6 is 23.4 Å². The number of aromatic amines is 1. The van der Waals surface area contributed by atoms with Crippen LogP contribution in [0.3, 0.4) is 0 Å². The molecule has 1 amide bonds. The molecule has 160 valence electrons. The second-order valence-corrected chi connectivity index (χ2v) is 8.34. The Labute approximate surface area is 184 Å². The average molecular weight is 466 g/mol. The first-order valence-corrected chi connectivity index (χ1v) is 10.6. The molecule has 1 aliphatic rings. The van der Waals surface area contributed by atoms with E-state index >= 15 is 0 Å². The van der Waals surface area contributed by atoms with Crippen molar-refractivity contribution in [3.8, 4) is 0 Å². The van der Waals surface area contributed by atoms with Crippen LogP contribution in [0.2, 0.25) is 5.02 Å². The van der Waals surface area contributed by atoms with Crippen molar-refractivity contribution in [2.45, 2.75) is 29.4 Å². The van der Waals surface area contributed by atoms with Crippen molar-refractivity contribution in [1.82, 2.24) is 9.97 Å². The number of H-pyrrole nitrogens is 1. The summed E-state index contributed by atoms with van der Waals surface area (Å²) in [5.41, 5.74) is -0.616. The van der Waals surface area contributed by atoms with Crippen LogP contribution in [-0.2, 0) is 16.7 Å². The van der Waals surface area contributed by atoms with Crippen molar-refractivity contribution in [3.05, 3.63) is 86.2 Å². The molecule has 0 bridgehead atoms. The zero-order valence-corrected chi connectivity index (χ0v) is 17.4. The molecule has 4 rings (SSSR count).